The molecular weight excluding hydrogens is 470 g/mol. The fourth-order valence-electron chi connectivity index (χ4n) is 4.56. The fraction of sp³-hybridized carbons (Fsp3) is 0.233. The smallest absolute Gasteiger partial charge is 0.335 e. The number of aromatic carboxylic acids is 1. The molecule has 4 aromatic rings. The minimum atomic E-state index is -1.06. The van der Waals surface area contributed by atoms with E-state index in [9.17, 15) is 19.5 Å². The van der Waals surface area contributed by atoms with Gasteiger partial charge in [-0.2, -0.15) is 0 Å². The second-order valence-corrected chi connectivity index (χ2v) is 9.16. The highest BCUT2D eigenvalue weighted by Crippen LogP contribution is 2.32. The molecule has 0 spiro atoms. The van der Waals surface area contributed by atoms with Crippen LogP contribution in [-0.4, -0.2) is 40.1 Å². The van der Waals surface area contributed by atoms with Crippen LogP contribution in [0.25, 0.3) is 10.9 Å². The summed E-state index contributed by atoms with van der Waals surface area (Å²) in [6.45, 7) is 1.36. The number of carbonyl (C=O) groups is 3. The maximum Gasteiger partial charge on any atom is 0.335 e. The fourth-order valence-corrected chi connectivity index (χ4v) is 4.56. The minimum absolute atomic E-state index is 0.0360. The number of fused-ring (bicyclic) bond motifs is 1. The molecule has 0 bridgehead atoms. The number of epoxide rings is 1. The predicted octanol–water partition coefficient (Wildman–Crippen LogP) is 5.04. The Bertz CT molecular complexity index is 1440. The first-order chi connectivity index (χ1) is 18.0. The Morgan fingerprint density at radius 2 is 1.59 bits per heavy atom. The lowest BCUT2D eigenvalue weighted by Crippen LogP contribution is -2.13. The van der Waals surface area contributed by atoms with Gasteiger partial charge in [0, 0.05) is 35.0 Å². The molecule has 1 fully saturated rings. The van der Waals surface area contributed by atoms with Crippen molar-refractivity contribution in [2.24, 2.45) is 0 Å². The van der Waals surface area contributed by atoms with E-state index < -0.39 is 11.9 Å². The SMILES string of the molecule is O=C(CCC(=O)c1c(Cc2ccccc2)n(CC2CO2)c2ccc(C(=O)O)cc12)OCc1ccccc1. The van der Waals surface area contributed by atoms with E-state index in [1.54, 1.807) is 18.2 Å². The Morgan fingerprint density at radius 3 is 2.24 bits per heavy atom. The van der Waals surface area contributed by atoms with Gasteiger partial charge in [-0.15, -0.1) is 0 Å². The minimum Gasteiger partial charge on any atom is -0.478 e. The number of carbonyl (C=O) groups excluding carboxylic acids is 2. The van der Waals surface area contributed by atoms with Crippen LogP contribution in [0.1, 0.15) is 50.4 Å². The van der Waals surface area contributed by atoms with Crippen LogP contribution >= 0.6 is 0 Å². The van der Waals surface area contributed by atoms with Gasteiger partial charge in [0.1, 0.15) is 6.61 Å². The Kier molecular flexibility index (Phi) is 7.14. The second-order valence-electron chi connectivity index (χ2n) is 9.16. The maximum atomic E-state index is 13.6. The van der Waals surface area contributed by atoms with Crippen LogP contribution in [0.2, 0.25) is 0 Å². The first kappa shape index (κ1) is 24.5. The number of rotatable bonds is 11. The number of ketones is 1. The van der Waals surface area contributed by atoms with Gasteiger partial charge >= 0.3 is 11.9 Å². The molecule has 1 aromatic heterocycles. The molecule has 37 heavy (non-hydrogen) atoms. The van der Waals surface area contributed by atoms with Gasteiger partial charge in [0.05, 0.1) is 31.2 Å². The molecule has 1 aliphatic rings. The second kappa shape index (κ2) is 10.8. The molecule has 0 radical (unpaired) electrons. The zero-order valence-corrected chi connectivity index (χ0v) is 20.3. The molecule has 1 unspecified atom stereocenters. The van der Waals surface area contributed by atoms with Crippen molar-refractivity contribution < 1.29 is 29.0 Å². The number of carboxylic acid groups (broad SMARTS) is 1. The quantitative estimate of drug-likeness (QED) is 0.177. The van der Waals surface area contributed by atoms with Crippen LogP contribution in [0.3, 0.4) is 0 Å². The van der Waals surface area contributed by atoms with Crippen LogP contribution in [0.5, 0.6) is 0 Å². The lowest BCUT2D eigenvalue weighted by molar-refractivity contribution is -0.144. The molecule has 1 aliphatic heterocycles. The maximum absolute atomic E-state index is 13.6. The molecule has 2 heterocycles. The molecule has 1 saturated heterocycles. The third kappa shape index (κ3) is 5.78. The Hall–Kier alpha value is -4.23. The highest BCUT2D eigenvalue weighted by molar-refractivity contribution is 6.11. The van der Waals surface area contributed by atoms with Gasteiger partial charge < -0.3 is 19.1 Å². The number of aromatic nitrogens is 1. The number of carboxylic acids is 1. The molecule has 5 rings (SSSR count). The topological polar surface area (TPSA) is 98.1 Å². The van der Waals surface area contributed by atoms with Crippen molar-refractivity contribution in [2.75, 3.05) is 6.61 Å². The zero-order valence-electron chi connectivity index (χ0n) is 20.3. The Balaban J connectivity index is 1.46. The van der Waals surface area contributed by atoms with Gasteiger partial charge in [-0.25, -0.2) is 4.79 Å². The van der Waals surface area contributed by atoms with Crippen LogP contribution in [-0.2, 0) is 33.8 Å². The van der Waals surface area contributed by atoms with E-state index in [0.717, 1.165) is 22.3 Å². The van der Waals surface area contributed by atoms with Crippen molar-refractivity contribution in [1.29, 1.82) is 0 Å². The van der Waals surface area contributed by atoms with Crippen molar-refractivity contribution in [1.82, 2.24) is 4.57 Å². The van der Waals surface area contributed by atoms with Gasteiger partial charge in [0.2, 0.25) is 0 Å². The van der Waals surface area contributed by atoms with E-state index in [1.807, 2.05) is 60.7 Å². The average molecular weight is 498 g/mol. The van der Waals surface area contributed by atoms with Gasteiger partial charge in [-0.05, 0) is 29.3 Å². The number of benzene rings is 3. The third-order valence-electron chi connectivity index (χ3n) is 6.50. The lowest BCUT2D eigenvalue weighted by Gasteiger charge is -2.12. The molecule has 3 aromatic carbocycles. The zero-order chi connectivity index (χ0) is 25.8. The van der Waals surface area contributed by atoms with E-state index in [4.69, 9.17) is 9.47 Å². The standard InChI is InChI=1S/C30H27NO6/c32-27(13-14-28(33)37-18-21-9-5-2-6-10-21)29-24-16-22(30(34)35)11-12-25(24)31(17-23-19-36-23)26(29)15-20-7-3-1-4-8-20/h1-12,16,23H,13-15,17-19H2,(H,34,35). The number of esters is 1. The molecule has 188 valence electrons. The largest absolute Gasteiger partial charge is 0.478 e. The van der Waals surface area contributed by atoms with Crippen molar-refractivity contribution in [3.05, 3.63) is 107 Å². The predicted molar refractivity (Wildman–Crippen MR) is 138 cm³/mol. The highest BCUT2D eigenvalue weighted by Gasteiger charge is 2.29. The Morgan fingerprint density at radius 1 is 0.919 bits per heavy atom. The summed E-state index contributed by atoms with van der Waals surface area (Å²) >= 11 is 0. The van der Waals surface area contributed by atoms with Crippen molar-refractivity contribution in [3.8, 4) is 0 Å². The van der Waals surface area contributed by atoms with Crippen molar-refractivity contribution in [2.45, 2.75) is 38.5 Å². The summed E-state index contributed by atoms with van der Waals surface area (Å²) in [4.78, 5) is 37.8. The molecule has 0 aliphatic carbocycles. The summed E-state index contributed by atoms with van der Waals surface area (Å²) in [7, 11) is 0. The summed E-state index contributed by atoms with van der Waals surface area (Å²) in [5.41, 5.74) is 4.04. The van der Waals surface area contributed by atoms with Gasteiger partial charge in [0.15, 0.2) is 5.78 Å². The number of nitrogens with zero attached hydrogens (tertiary/aromatic N) is 1. The van der Waals surface area contributed by atoms with E-state index >= 15 is 0 Å². The summed E-state index contributed by atoms with van der Waals surface area (Å²) in [5.74, 6) is -1.73. The molecule has 1 N–H and O–H groups in total. The van der Waals surface area contributed by atoms with Crippen LogP contribution in [0.15, 0.2) is 78.9 Å². The number of hydrogen-bond acceptors (Lipinski definition) is 5. The van der Waals surface area contributed by atoms with Crippen LogP contribution in [0.4, 0.5) is 0 Å². The molecule has 7 heteroatoms. The summed E-state index contributed by atoms with van der Waals surface area (Å²) in [5, 5.41) is 10.2. The van der Waals surface area contributed by atoms with Crippen LogP contribution in [0, 0.1) is 0 Å². The van der Waals surface area contributed by atoms with E-state index in [2.05, 4.69) is 4.57 Å². The number of Topliss-reactive ketones (excluding diaryl/α,β-unsaturated/α-hetero) is 1. The lowest BCUT2D eigenvalue weighted by atomic mass is 9.98. The van der Waals surface area contributed by atoms with Crippen molar-refractivity contribution >= 4 is 28.6 Å². The first-order valence-electron chi connectivity index (χ1n) is 12.3. The summed E-state index contributed by atoms with van der Waals surface area (Å²) in [6, 6.07) is 24.0. The number of ether oxygens (including phenoxy) is 2. The first-order valence-corrected chi connectivity index (χ1v) is 12.3. The molecule has 0 amide bonds. The third-order valence-corrected chi connectivity index (χ3v) is 6.50. The summed E-state index contributed by atoms with van der Waals surface area (Å²) < 4.78 is 12.9. The van der Waals surface area contributed by atoms with E-state index in [0.29, 0.717) is 30.5 Å². The van der Waals surface area contributed by atoms with Gasteiger partial charge in [-0.3, -0.25) is 9.59 Å². The molecule has 1 atom stereocenters. The number of hydrogen-bond donors (Lipinski definition) is 1. The Labute approximate surface area is 214 Å². The average Bonchev–Trinajstić information content (AvgIpc) is 3.69. The van der Waals surface area contributed by atoms with Crippen molar-refractivity contribution in [3.63, 3.8) is 0 Å². The van der Waals surface area contributed by atoms with Gasteiger partial charge in [0.25, 0.3) is 0 Å². The normalized spacial score (nSPS) is 14.4. The highest BCUT2D eigenvalue weighted by atomic mass is 16.6. The van der Waals surface area contributed by atoms with Gasteiger partial charge in [-0.1, -0.05) is 60.7 Å². The van der Waals surface area contributed by atoms with Crippen LogP contribution < -0.4 is 0 Å². The van der Waals surface area contributed by atoms with E-state index in [1.165, 1.54) is 0 Å². The molecular formula is C30H27NO6. The molecule has 0 saturated carbocycles. The monoisotopic (exact) mass is 497 g/mol. The molecule has 7 nitrogen and oxygen atoms in total. The summed E-state index contributed by atoms with van der Waals surface area (Å²) in [6.07, 6.45) is 0.448. The van der Waals surface area contributed by atoms with E-state index in [-0.39, 0.29) is 36.9 Å².